The van der Waals surface area contributed by atoms with E-state index in [1.165, 1.54) is 0 Å². The highest BCUT2D eigenvalue weighted by Gasteiger charge is 2.23. The predicted octanol–water partition coefficient (Wildman–Crippen LogP) is 2.08. The van der Waals surface area contributed by atoms with Crippen molar-refractivity contribution in [2.24, 2.45) is 13.0 Å². The van der Waals surface area contributed by atoms with E-state index in [4.69, 9.17) is 4.52 Å². The zero-order chi connectivity index (χ0) is 15.6. The van der Waals surface area contributed by atoms with Gasteiger partial charge in [0.05, 0.1) is 18.2 Å². The van der Waals surface area contributed by atoms with E-state index >= 15 is 0 Å². The number of hydrogen-bond donors (Lipinski definition) is 1. The van der Waals surface area contributed by atoms with Crippen LogP contribution in [0.25, 0.3) is 0 Å². The lowest BCUT2D eigenvalue weighted by Crippen LogP contribution is -2.34. The smallest absolute Gasteiger partial charge is 0.225 e. The zero-order valence-electron chi connectivity index (χ0n) is 13.2. The van der Waals surface area contributed by atoms with Crippen LogP contribution in [-0.4, -0.2) is 20.6 Å². The van der Waals surface area contributed by atoms with Crippen LogP contribution >= 0.6 is 0 Å². The quantitative estimate of drug-likeness (QED) is 0.915. The molecule has 6 nitrogen and oxygen atoms in total. The average Bonchev–Trinajstić information content (AvgIpc) is 2.96. The maximum Gasteiger partial charge on any atom is 0.225 e. The van der Waals surface area contributed by atoms with Crippen LogP contribution in [0.3, 0.4) is 0 Å². The molecule has 0 radical (unpaired) electrons. The normalized spacial score (nSPS) is 12.7. The van der Waals surface area contributed by atoms with Gasteiger partial charge in [-0.15, -0.1) is 0 Å². The van der Waals surface area contributed by atoms with E-state index < -0.39 is 0 Å². The van der Waals surface area contributed by atoms with Gasteiger partial charge in [-0.1, -0.05) is 19.0 Å². The first-order chi connectivity index (χ1) is 9.90. The highest BCUT2D eigenvalue weighted by Crippen LogP contribution is 2.20. The molecule has 0 aliphatic heterocycles. The van der Waals surface area contributed by atoms with Gasteiger partial charge >= 0.3 is 0 Å². The molecule has 6 heteroatoms. The van der Waals surface area contributed by atoms with Gasteiger partial charge < -0.3 is 14.4 Å². The van der Waals surface area contributed by atoms with Gasteiger partial charge in [0.25, 0.3) is 0 Å². The summed E-state index contributed by atoms with van der Waals surface area (Å²) in [4.78, 5) is 16.7. The molecule has 0 saturated heterocycles. The highest BCUT2D eigenvalue weighted by atomic mass is 16.5. The number of aryl methyl sites for hydroxylation is 3. The minimum Gasteiger partial charge on any atom is -0.361 e. The first kappa shape index (κ1) is 15.3. The van der Waals surface area contributed by atoms with Gasteiger partial charge in [-0.25, -0.2) is 4.98 Å². The summed E-state index contributed by atoms with van der Waals surface area (Å²) < 4.78 is 7.02. The SMILES string of the molecule is Cc1noc(C)c1CC(=O)N[C@@H](c1nccn1C)C(C)C. The van der Waals surface area contributed by atoms with Gasteiger partial charge in [0.1, 0.15) is 11.6 Å². The number of amides is 1. The maximum absolute atomic E-state index is 12.3. The van der Waals surface area contributed by atoms with Crippen molar-refractivity contribution in [2.45, 2.75) is 40.2 Å². The van der Waals surface area contributed by atoms with Crippen LogP contribution in [0.1, 0.15) is 42.7 Å². The molecule has 0 fully saturated rings. The second kappa shape index (κ2) is 6.11. The molecule has 1 atom stereocenters. The number of carbonyl (C=O) groups excluding carboxylic acids is 1. The van der Waals surface area contributed by atoms with E-state index in [0.29, 0.717) is 5.76 Å². The number of aromatic nitrogens is 3. The maximum atomic E-state index is 12.3. The highest BCUT2D eigenvalue weighted by molar-refractivity contribution is 5.79. The molecule has 0 saturated carbocycles. The van der Waals surface area contributed by atoms with Gasteiger partial charge in [0.15, 0.2) is 0 Å². The Labute approximate surface area is 124 Å². The number of nitrogens with zero attached hydrogens (tertiary/aromatic N) is 3. The number of carbonyl (C=O) groups is 1. The number of imidazole rings is 1. The number of rotatable bonds is 5. The molecule has 2 heterocycles. The largest absolute Gasteiger partial charge is 0.361 e. The van der Waals surface area contributed by atoms with Crippen molar-refractivity contribution in [1.29, 1.82) is 0 Å². The first-order valence-electron chi connectivity index (χ1n) is 7.08. The molecule has 21 heavy (non-hydrogen) atoms. The first-order valence-corrected chi connectivity index (χ1v) is 7.08. The van der Waals surface area contributed by atoms with Crippen LogP contribution in [-0.2, 0) is 18.3 Å². The van der Waals surface area contributed by atoms with Crippen molar-refractivity contribution < 1.29 is 9.32 Å². The molecule has 0 aromatic carbocycles. The number of nitrogens with one attached hydrogen (secondary N) is 1. The van der Waals surface area contributed by atoms with E-state index in [1.54, 1.807) is 6.20 Å². The Hall–Kier alpha value is -2.11. The molecule has 0 aliphatic rings. The van der Waals surface area contributed by atoms with Crippen LogP contribution in [0, 0.1) is 19.8 Å². The van der Waals surface area contributed by atoms with Crippen molar-refractivity contribution in [1.82, 2.24) is 20.0 Å². The Morgan fingerprint density at radius 1 is 1.43 bits per heavy atom. The molecule has 1 amide bonds. The Bertz CT molecular complexity index is 608. The predicted molar refractivity (Wildman–Crippen MR) is 78.6 cm³/mol. The standard InChI is InChI=1S/C15H22N4O2/c1-9(2)14(15-16-6-7-19(15)5)17-13(20)8-12-10(3)18-21-11(12)4/h6-7,9,14H,8H2,1-5H3,(H,17,20)/t14-/m1/s1. The van der Waals surface area contributed by atoms with Crippen molar-refractivity contribution in [2.75, 3.05) is 0 Å². The van der Waals surface area contributed by atoms with Crippen molar-refractivity contribution in [3.05, 3.63) is 35.2 Å². The lowest BCUT2D eigenvalue weighted by atomic mass is 10.0. The van der Waals surface area contributed by atoms with Gasteiger partial charge in [-0.05, 0) is 19.8 Å². The Kier molecular flexibility index (Phi) is 4.45. The van der Waals surface area contributed by atoms with Crippen LogP contribution in [0.4, 0.5) is 0 Å². The van der Waals surface area contributed by atoms with E-state index in [-0.39, 0.29) is 24.3 Å². The molecule has 1 N–H and O–H groups in total. The summed E-state index contributed by atoms with van der Waals surface area (Å²) in [5.41, 5.74) is 1.62. The molecule has 0 aliphatic carbocycles. The van der Waals surface area contributed by atoms with E-state index in [0.717, 1.165) is 17.1 Å². The topological polar surface area (TPSA) is 73.0 Å². The van der Waals surface area contributed by atoms with Crippen molar-refractivity contribution >= 4 is 5.91 Å². The fraction of sp³-hybridized carbons (Fsp3) is 0.533. The average molecular weight is 290 g/mol. The Morgan fingerprint density at radius 2 is 2.14 bits per heavy atom. The van der Waals surface area contributed by atoms with Gasteiger partial charge in [-0.3, -0.25) is 4.79 Å². The molecule has 0 unspecified atom stereocenters. The monoisotopic (exact) mass is 290 g/mol. The Morgan fingerprint density at radius 3 is 2.62 bits per heavy atom. The third kappa shape index (κ3) is 3.32. The summed E-state index contributed by atoms with van der Waals surface area (Å²) in [5, 5.41) is 6.94. The minimum atomic E-state index is -0.113. The fourth-order valence-electron chi connectivity index (χ4n) is 2.35. The van der Waals surface area contributed by atoms with E-state index in [9.17, 15) is 4.79 Å². The third-order valence-corrected chi connectivity index (χ3v) is 3.64. The van der Waals surface area contributed by atoms with E-state index in [1.807, 2.05) is 31.7 Å². The van der Waals surface area contributed by atoms with Crippen molar-refractivity contribution in [3.8, 4) is 0 Å². The second-order valence-corrected chi connectivity index (χ2v) is 5.67. The summed E-state index contributed by atoms with van der Waals surface area (Å²) >= 11 is 0. The summed E-state index contributed by atoms with van der Waals surface area (Å²) in [6, 6.07) is -0.113. The number of hydrogen-bond acceptors (Lipinski definition) is 4. The van der Waals surface area contributed by atoms with Crippen LogP contribution in [0.15, 0.2) is 16.9 Å². The summed E-state index contributed by atoms with van der Waals surface area (Å²) in [6.45, 7) is 7.80. The molecular formula is C15H22N4O2. The fourth-order valence-corrected chi connectivity index (χ4v) is 2.35. The molecule has 2 rings (SSSR count). The van der Waals surface area contributed by atoms with Gasteiger partial charge in [0, 0.05) is 25.0 Å². The van der Waals surface area contributed by atoms with Crippen LogP contribution in [0.2, 0.25) is 0 Å². The van der Waals surface area contributed by atoms with E-state index in [2.05, 4.69) is 29.3 Å². The lowest BCUT2D eigenvalue weighted by molar-refractivity contribution is -0.121. The molecule has 2 aromatic heterocycles. The molecule has 0 spiro atoms. The Balaban J connectivity index is 2.11. The minimum absolute atomic E-state index is 0.0499. The van der Waals surface area contributed by atoms with Crippen molar-refractivity contribution in [3.63, 3.8) is 0 Å². The molecule has 2 aromatic rings. The van der Waals surface area contributed by atoms with Crippen LogP contribution < -0.4 is 5.32 Å². The second-order valence-electron chi connectivity index (χ2n) is 5.67. The molecule has 0 bridgehead atoms. The van der Waals surface area contributed by atoms with Gasteiger partial charge in [-0.2, -0.15) is 0 Å². The zero-order valence-corrected chi connectivity index (χ0v) is 13.2. The molecule has 114 valence electrons. The lowest BCUT2D eigenvalue weighted by Gasteiger charge is -2.22. The summed E-state index contributed by atoms with van der Waals surface area (Å²) in [6.07, 6.45) is 3.89. The van der Waals surface area contributed by atoms with Gasteiger partial charge in [0.2, 0.25) is 5.91 Å². The summed E-state index contributed by atoms with van der Waals surface area (Å²) in [5.74, 6) is 1.75. The van der Waals surface area contributed by atoms with Crippen LogP contribution in [0.5, 0.6) is 0 Å². The third-order valence-electron chi connectivity index (χ3n) is 3.64. The summed E-state index contributed by atoms with van der Waals surface area (Å²) in [7, 11) is 1.93. The molecular weight excluding hydrogens is 268 g/mol.